The van der Waals surface area contributed by atoms with Crippen LogP contribution in [-0.2, 0) is 13.1 Å². The van der Waals surface area contributed by atoms with Gasteiger partial charge in [-0.25, -0.2) is 4.79 Å². The third-order valence-electron chi connectivity index (χ3n) is 7.24. The zero-order valence-electron chi connectivity index (χ0n) is 20.7. The number of halogens is 1. The lowest BCUT2D eigenvalue weighted by Crippen LogP contribution is -2.39. The molecule has 0 bridgehead atoms. The Morgan fingerprint density at radius 2 is 1.81 bits per heavy atom. The molecule has 0 spiro atoms. The second-order valence-corrected chi connectivity index (χ2v) is 10.2. The quantitative estimate of drug-likeness (QED) is 0.389. The number of benzene rings is 2. The molecular weight excluding hydrogens is 486 g/mol. The third kappa shape index (κ3) is 5.30. The largest absolute Gasteiger partial charge is 0.349 e. The Morgan fingerprint density at radius 1 is 1.08 bits per heavy atom. The minimum absolute atomic E-state index is 0.0390. The van der Waals surface area contributed by atoms with Gasteiger partial charge in [0.2, 0.25) is 0 Å². The Bertz CT molecular complexity index is 1560. The number of aryl methyl sites for hydroxylation is 1. The summed E-state index contributed by atoms with van der Waals surface area (Å²) >= 11 is 6.03. The minimum atomic E-state index is -0.143. The first kappa shape index (κ1) is 24.8. The summed E-state index contributed by atoms with van der Waals surface area (Å²) < 4.78 is 3.67. The number of aromatic nitrogens is 3. The van der Waals surface area contributed by atoms with Crippen molar-refractivity contribution in [3.63, 3.8) is 0 Å². The number of rotatable bonds is 6. The molecule has 37 heavy (non-hydrogen) atoms. The topological polar surface area (TPSA) is 92.7 Å². The number of nitrogens with zero attached hydrogens (tertiary/aromatic N) is 4. The third-order valence-corrected chi connectivity index (χ3v) is 7.45. The average Bonchev–Trinajstić information content (AvgIpc) is 3.17. The van der Waals surface area contributed by atoms with E-state index < -0.39 is 0 Å². The highest BCUT2D eigenvalue weighted by Gasteiger charge is 2.25. The van der Waals surface area contributed by atoms with Crippen LogP contribution in [-0.4, -0.2) is 26.1 Å². The van der Waals surface area contributed by atoms with E-state index in [1.807, 2.05) is 47.0 Å². The van der Waals surface area contributed by atoms with E-state index in [1.165, 1.54) is 0 Å². The molecule has 2 heterocycles. The average molecular weight is 514 g/mol. The van der Waals surface area contributed by atoms with Crippen molar-refractivity contribution in [2.45, 2.75) is 51.7 Å². The number of hydrogen-bond donors (Lipinski definition) is 1. The Hall–Kier alpha value is -3.89. The Morgan fingerprint density at radius 3 is 2.54 bits per heavy atom. The summed E-state index contributed by atoms with van der Waals surface area (Å²) in [5.41, 5.74) is 4.44. The molecule has 2 aromatic heterocycles. The highest BCUT2D eigenvalue weighted by Crippen LogP contribution is 2.27. The maximum absolute atomic E-state index is 13.5. The highest BCUT2D eigenvalue weighted by molar-refractivity contribution is 6.30. The Balaban J connectivity index is 1.29. The van der Waals surface area contributed by atoms with Crippen LogP contribution in [0.3, 0.4) is 0 Å². The molecule has 1 N–H and O–H groups in total. The highest BCUT2D eigenvalue weighted by atomic mass is 35.5. The van der Waals surface area contributed by atoms with Gasteiger partial charge in [-0.1, -0.05) is 35.9 Å². The van der Waals surface area contributed by atoms with Gasteiger partial charge in [-0.05, 0) is 74.4 Å². The van der Waals surface area contributed by atoms with Gasteiger partial charge >= 0.3 is 5.69 Å². The van der Waals surface area contributed by atoms with Gasteiger partial charge < -0.3 is 5.32 Å². The van der Waals surface area contributed by atoms with E-state index >= 15 is 0 Å². The van der Waals surface area contributed by atoms with Crippen molar-refractivity contribution in [1.82, 2.24) is 19.4 Å². The van der Waals surface area contributed by atoms with Gasteiger partial charge in [-0.3, -0.25) is 18.9 Å². The number of imidazole rings is 1. The maximum Gasteiger partial charge on any atom is 0.329 e. The fraction of sp³-hybridized carbons (Fsp3) is 0.310. The summed E-state index contributed by atoms with van der Waals surface area (Å²) in [5, 5.41) is 12.8. The summed E-state index contributed by atoms with van der Waals surface area (Å²) in [6.45, 7) is 2.86. The van der Waals surface area contributed by atoms with E-state index in [0.717, 1.165) is 42.3 Å². The van der Waals surface area contributed by atoms with Crippen molar-refractivity contribution in [1.29, 1.82) is 5.26 Å². The molecule has 1 amide bonds. The summed E-state index contributed by atoms with van der Waals surface area (Å²) in [4.78, 5) is 30.5. The maximum atomic E-state index is 13.5. The van der Waals surface area contributed by atoms with Gasteiger partial charge in [-0.2, -0.15) is 5.26 Å². The molecule has 4 aromatic rings. The zero-order valence-corrected chi connectivity index (χ0v) is 21.4. The number of carbonyl (C=O) groups is 1. The van der Waals surface area contributed by atoms with Gasteiger partial charge in [0, 0.05) is 18.8 Å². The van der Waals surface area contributed by atoms with Gasteiger partial charge in [0.25, 0.3) is 5.91 Å². The lowest BCUT2D eigenvalue weighted by molar-refractivity contribution is 0.0919. The second-order valence-electron chi connectivity index (χ2n) is 9.76. The van der Waals surface area contributed by atoms with Crippen molar-refractivity contribution in [2.75, 3.05) is 0 Å². The number of amides is 1. The van der Waals surface area contributed by atoms with Crippen LogP contribution in [0.2, 0.25) is 5.02 Å². The second kappa shape index (κ2) is 10.6. The number of para-hydroxylation sites is 2. The van der Waals surface area contributed by atoms with E-state index in [0.29, 0.717) is 40.9 Å². The molecule has 7 nitrogen and oxygen atoms in total. The molecule has 0 atom stereocenters. The van der Waals surface area contributed by atoms with Crippen LogP contribution in [0.25, 0.3) is 11.0 Å². The number of carbonyl (C=O) groups excluding carboxylic acids is 1. The van der Waals surface area contributed by atoms with E-state index in [1.54, 1.807) is 29.8 Å². The predicted octanol–water partition coefficient (Wildman–Crippen LogP) is 5.07. The molecule has 1 saturated carbocycles. The molecule has 0 aliphatic heterocycles. The van der Waals surface area contributed by atoms with E-state index in [-0.39, 0.29) is 17.6 Å². The van der Waals surface area contributed by atoms with Crippen LogP contribution >= 0.6 is 11.6 Å². The monoisotopic (exact) mass is 513 g/mol. The van der Waals surface area contributed by atoms with Crippen molar-refractivity contribution in [2.24, 2.45) is 5.92 Å². The molecule has 8 heteroatoms. The Kier molecular flexibility index (Phi) is 7.11. The number of nitrogens with one attached hydrogen (secondary N) is 1. The molecule has 2 aromatic carbocycles. The van der Waals surface area contributed by atoms with Crippen molar-refractivity contribution in [3.8, 4) is 6.07 Å². The Labute approximate surface area is 220 Å². The van der Waals surface area contributed by atoms with Crippen molar-refractivity contribution >= 4 is 28.5 Å². The lowest BCUT2D eigenvalue weighted by atomic mass is 9.85. The number of nitriles is 1. The molecule has 0 unspecified atom stereocenters. The fourth-order valence-corrected chi connectivity index (χ4v) is 5.43. The van der Waals surface area contributed by atoms with Gasteiger partial charge in [0.1, 0.15) is 0 Å². The van der Waals surface area contributed by atoms with Crippen LogP contribution in [0.15, 0.2) is 65.6 Å². The van der Waals surface area contributed by atoms with E-state index in [4.69, 9.17) is 11.6 Å². The first-order valence-electron chi connectivity index (χ1n) is 12.5. The predicted molar refractivity (Wildman–Crippen MR) is 144 cm³/mol. The lowest BCUT2D eigenvalue weighted by Gasteiger charge is -2.29. The summed E-state index contributed by atoms with van der Waals surface area (Å²) in [6, 6.07) is 19.2. The number of pyridine rings is 1. The smallest absolute Gasteiger partial charge is 0.329 e. The van der Waals surface area contributed by atoms with Crippen LogP contribution in [0, 0.1) is 24.2 Å². The van der Waals surface area contributed by atoms with Crippen LogP contribution < -0.4 is 11.0 Å². The molecular formula is C29H28ClN5O2. The standard InChI is InChI=1S/C29H28ClN5O2/c1-19-25(14-23(30)16-32-19)28(36)33-24-11-9-20(10-12-24)17-34-26-7-2-3-8-27(26)35(29(34)37)18-22-6-4-5-21(13-22)15-31/h2-8,13-14,16,20,24H,9-12,17-18H2,1H3,(H,33,36)/t20-,24-. The van der Waals surface area contributed by atoms with Gasteiger partial charge in [-0.15, -0.1) is 0 Å². The summed E-state index contributed by atoms with van der Waals surface area (Å²) in [5.74, 6) is 0.206. The fourth-order valence-electron chi connectivity index (χ4n) is 5.27. The molecule has 1 aliphatic carbocycles. The van der Waals surface area contributed by atoms with E-state index in [9.17, 15) is 14.9 Å². The van der Waals surface area contributed by atoms with Gasteiger partial charge in [0.15, 0.2) is 0 Å². The molecule has 1 aliphatic rings. The first-order chi connectivity index (χ1) is 17.9. The summed E-state index contributed by atoms with van der Waals surface area (Å²) in [7, 11) is 0. The normalized spacial score (nSPS) is 17.4. The number of hydrogen-bond acceptors (Lipinski definition) is 4. The molecule has 1 fully saturated rings. The molecule has 188 valence electrons. The van der Waals surface area contributed by atoms with Crippen LogP contribution in [0.4, 0.5) is 0 Å². The van der Waals surface area contributed by atoms with E-state index in [2.05, 4.69) is 16.4 Å². The summed E-state index contributed by atoms with van der Waals surface area (Å²) in [6.07, 6.45) is 5.11. The van der Waals surface area contributed by atoms with Crippen LogP contribution in [0.1, 0.15) is 52.9 Å². The van der Waals surface area contributed by atoms with Crippen molar-refractivity contribution in [3.05, 3.63) is 98.7 Å². The molecule has 0 saturated heterocycles. The molecule has 5 rings (SSSR count). The van der Waals surface area contributed by atoms with Crippen molar-refractivity contribution < 1.29 is 4.79 Å². The minimum Gasteiger partial charge on any atom is -0.349 e. The van der Waals surface area contributed by atoms with Crippen LogP contribution in [0.5, 0.6) is 0 Å². The SMILES string of the molecule is Cc1ncc(Cl)cc1C(=O)N[C@H]1CC[C@H](Cn2c(=O)n(Cc3cccc(C#N)c3)c3ccccc32)CC1. The first-order valence-corrected chi connectivity index (χ1v) is 12.9. The molecule has 0 radical (unpaired) electrons. The van der Waals surface area contributed by atoms with Gasteiger partial charge in [0.05, 0.1) is 45.5 Å². The zero-order chi connectivity index (χ0) is 25.9. The number of fused-ring (bicyclic) bond motifs is 1.